The highest BCUT2D eigenvalue weighted by atomic mass is 32.2. The predicted molar refractivity (Wildman–Crippen MR) is 105 cm³/mol. The number of hydrogen-bond acceptors (Lipinski definition) is 4. The summed E-state index contributed by atoms with van der Waals surface area (Å²) in [4.78, 5) is 0.0106. The third-order valence-corrected chi connectivity index (χ3v) is 7.57. The number of nitrogens with zero attached hydrogens (tertiary/aromatic N) is 1. The van der Waals surface area contributed by atoms with Crippen molar-refractivity contribution in [2.75, 3.05) is 26.3 Å². The summed E-state index contributed by atoms with van der Waals surface area (Å²) in [5, 5.41) is 9.95. The molecule has 1 aliphatic heterocycles. The molecule has 3 rings (SSSR count). The lowest BCUT2D eigenvalue weighted by molar-refractivity contribution is 0.0471. The van der Waals surface area contributed by atoms with Gasteiger partial charge in [-0.15, -0.1) is 0 Å². The van der Waals surface area contributed by atoms with Crippen molar-refractivity contribution < 1.29 is 22.7 Å². The molecule has 2 aromatic carbocycles. The van der Waals surface area contributed by atoms with Gasteiger partial charge in [-0.1, -0.05) is 24.3 Å². The second-order valence-corrected chi connectivity index (χ2v) is 9.29. The number of benzene rings is 2. The average Bonchev–Trinajstić information content (AvgIpc) is 2.71. The van der Waals surface area contributed by atoms with E-state index in [4.69, 9.17) is 4.74 Å². The monoisotopic (exact) mass is 407 g/mol. The first kappa shape index (κ1) is 20.8. The highest BCUT2D eigenvalue weighted by Gasteiger charge is 2.38. The molecule has 0 aliphatic carbocycles. The van der Waals surface area contributed by atoms with Crippen molar-refractivity contribution in [2.45, 2.75) is 31.1 Å². The van der Waals surface area contributed by atoms with Crippen LogP contribution in [-0.2, 0) is 10.0 Å². The van der Waals surface area contributed by atoms with Crippen molar-refractivity contribution in [3.8, 4) is 5.75 Å². The standard InChI is InChI=1S/C21H26FNO4S/c1-17-7-8-18(22)15-20(17)28(25,26)23-12-9-21(16-24,10-13-23)11-14-27-19-5-3-2-4-6-19/h2-8,15,24H,9-14,16H2,1H3. The van der Waals surface area contributed by atoms with Crippen LogP contribution in [0.1, 0.15) is 24.8 Å². The number of para-hydroxylation sites is 1. The van der Waals surface area contributed by atoms with E-state index in [2.05, 4.69) is 0 Å². The molecule has 1 aliphatic rings. The zero-order chi connectivity index (χ0) is 20.2. The SMILES string of the molecule is Cc1ccc(F)cc1S(=O)(=O)N1CCC(CO)(CCOc2ccccc2)CC1. The maximum absolute atomic E-state index is 13.6. The summed E-state index contributed by atoms with van der Waals surface area (Å²) in [5.74, 6) is 0.209. The Morgan fingerprint density at radius 3 is 2.46 bits per heavy atom. The number of rotatable bonds is 7. The molecule has 7 heteroatoms. The smallest absolute Gasteiger partial charge is 0.243 e. The first-order chi connectivity index (χ1) is 13.4. The average molecular weight is 408 g/mol. The Morgan fingerprint density at radius 1 is 1.14 bits per heavy atom. The number of aliphatic hydroxyl groups excluding tert-OH is 1. The molecule has 1 N–H and O–H groups in total. The molecule has 0 unspecified atom stereocenters. The molecule has 0 amide bonds. The Kier molecular flexibility index (Phi) is 6.37. The van der Waals surface area contributed by atoms with Crippen LogP contribution in [-0.4, -0.2) is 44.1 Å². The highest BCUT2D eigenvalue weighted by Crippen LogP contribution is 2.37. The fraction of sp³-hybridized carbons (Fsp3) is 0.429. The summed E-state index contributed by atoms with van der Waals surface area (Å²) >= 11 is 0. The summed E-state index contributed by atoms with van der Waals surface area (Å²) in [6, 6.07) is 13.3. The van der Waals surface area contributed by atoms with E-state index < -0.39 is 15.8 Å². The Labute approximate surface area is 165 Å². The van der Waals surface area contributed by atoms with E-state index >= 15 is 0 Å². The van der Waals surface area contributed by atoms with Gasteiger partial charge in [0.05, 0.1) is 11.5 Å². The third kappa shape index (κ3) is 4.54. The van der Waals surface area contributed by atoms with E-state index in [9.17, 15) is 17.9 Å². The first-order valence-corrected chi connectivity index (χ1v) is 10.9. The minimum absolute atomic E-state index is 0.0106. The minimum atomic E-state index is -3.76. The maximum Gasteiger partial charge on any atom is 0.243 e. The van der Waals surface area contributed by atoms with Crippen molar-refractivity contribution in [3.05, 3.63) is 59.9 Å². The molecule has 0 aromatic heterocycles. The van der Waals surface area contributed by atoms with Gasteiger partial charge < -0.3 is 9.84 Å². The summed E-state index contributed by atoms with van der Waals surface area (Å²) in [7, 11) is -3.76. The summed E-state index contributed by atoms with van der Waals surface area (Å²) < 4.78 is 46.6. The van der Waals surface area contributed by atoms with E-state index in [1.54, 1.807) is 6.92 Å². The normalized spacial score (nSPS) is 17.4. The van der Waals surface area contributed by atoms with E-state index in [0.29, 0.717) is 44.5 Å². The number of sulfonamides is 1. The van der Waals surface area contributed by atoms with Crippen LogP contribution in [0, 0.1) is 18.2 Å². The molecule has 0 spiro atoms. The molecule has 28 heavy (non-hydrogen) atoms. The summed E-state index contributed by atoms with van der Waals surface area (Å²) in [5.41, 5.74) is 0.161. The van der Waals surface area contributed by atoms with Gasteiger partial charge in [0.2, 0.25) is 10.0 Å². The fourth-order valence-corrected chi connectivity index (χ4v) is 5.26. The van der Waals surface area contributed by atoms with Gasteiger partial charge in [-0.3, -0.25) is 0 Å². The Bertz CT molecular complexity index is 894. The molecule has 0 saturated carbocycles. The van der Waals surface area contributed by atoms with Crippen molar-refractivity contribution in [1.82, 2.24) is 4.31 Å². The zero-order valence-corrected chi connectivity index (χ0v) is 16.8. The van der Waals surface area contributed by atoms with Crippen LogP contribution in [0.4, 0.5) is 4.39 Å². The third-order valence-electron chi connectivity index (χ3n) is 5.53. The van der Waals surface area contributed by atoms with Crippen LogP contribution in [0.3, 0.4) is 0 Å². The molecule has 1 saturated heterocycles. The number of aryl methyl sites for hydroxylation is 1. The number of ether oxygens (including phenoxy) is 1. The topological polar surface area (TPSA) is 66.8 Å². The van der Waals surface area contributed by atoms with Crippen molar-refractivity contribution in [1.29, 1.82) is 0 Å². The van der Waals surface area contributed by atoms with Crippen LogP contribution < -0.4 is 4.74 Å². The van der Waals surface area contributed by atoms with Crippen molar-refractivity contribution in [3.63, 3.8) is 0 Å². The Morgan fingerprint density at radius 2 is 1.82 bits per heavy atom. The van der Waals surface area contributed by atoms with Crippen LogP contribution >= 0.6 is 0 Å². The number of aliphatic hydroxyl groups is 1. The molecule has 1 fully saturated rings. The second-order valence-electron chi connectivity index (χ2n) is 7.38. The number of piperidine rings is 1. The van der Waals surface area contributed by atoms with Gasteiger partial charge >= 0.3 is 0 Å². The quantitative estimate of drug-likeness (QED) is 0.764. The highest BCUT2D eigenvalue weighted by molar-refractivity contribution is 7.89. The molecule has 1 heterocycles. The largest absolute Gasteiger partial charge is 0.494 e. The summed E-state index contributed by atoms with van der Waals surface area (Å²) in [6.45, 7) is 2.70. The lowest BCUT2D eigenvalue weighted by atomic mass is 9.77. The maximum atomic E-state index is 13.6. The van der Waals surface area contributed by atoms with E-state index in [1.807, 2.05) is 30.3 Å². The number of hydrogen-bond donors (Lipinski definition) is 1. The van der Waals surface area contributed by atoms with Crippen LogP contribution in [0.15, 0.2) is 53.4 Å². The van der Waals surface area contributed by atoms with Gasteiger partial charge in [-0.05, 0) is 61.4 Å². The molecule has 0 atom stereocenters. The lowest BCUT2D eigenvalue weighted by Gasteiger charge is -2.40. The first-order valence-electron chi connectivity index (χ1n) is 9.41. The Balaban J connectivity index is 1.63. The molecule has 0 bridgehead atoms. The van der Waals surface area contributed by atoms with Crippen LogP contribution in [0.2, 0.25) is 0 Å². The second kappa shape index (κ2) is 8.59. The number of halogens is 1. The van der Waals surface area contributed by atoms with Gasteiger partial charge in [-0.25, -0.2) is 12.8 Å². The van der Waals surface area contributed by atoms with E-state index in [-0.39, 0.29) is 16.9 Å². The molecule has 0 radical (unpaired) electrons. The van der Waals surface area contributed by atoms with Crippen LogP contribution in [0.25, 0.3) is 0 Å². The van der Waals surface area contributed by atoms with Crippen molar-refractivity contribution in [2.24, 2.45) is 5.41 Å². The predicted octanol–water partition coefficient (Wildman–Crippen LogP) is 3.37. The van der Waals surface area contributed by atoms with E-state index in [1.165, 1.54) is 16.4 Å². The Hall–Kier alpha value is -1.96. The van der Waals surface area contributed by atoms with Gasteiger partial charge in [0.15, 0.2) is 0 Å². The van der Waals surface area contributed by atoms with Gasteiger partial charge in [0, 0.05) is 19.7 Å². The zero-order valence-electron chi connectivity index (χ0n) is 16.0. The molecular formula is C21H26FNO4S. The van der Waals surface area contributed by atoms with Crippen molar-refractivity contribution >= 4 is 10.0 Å². The van der Waals surface area contributed by atoms with Gasteiger partial charge in [0.25, 0.3) is 0 Å². The fourth-order valence-electron chi connectivity index (χ4n) is 3.58. The van der Waals surface area contributed by atoms with Gasteiger partial charge in [0.1, 0.15) is 11.6 Å². The molecule has 152 valence electrons. The summed E-state index contributed by atoms with van der Waals surface area (Å²) in [6.07, 6.45) is 1.72. The van der Waals surface area contributed by atoms with Gasteiger partial charge in [-0.2, -0.15) is 4.31 Å². The minimum Gasteiger partial charge on any atom is -0.494 e. The van der Waals surface area contributed by atoms with E-state index in [0.717, 1.165) is 11.8 Å². The molecular weight excluding hydrogens is 381 g/mol. The molecule has 5 nitrogen and oxygen atoms in total. The van der Waals surface area contributed by atoms with Crippen LogP contribution in [0.5, 0.6) is 5.75 Å². The molecule has 2 aromatic rings. The lowest BCUT2D eigenvalue weighted by Crippen LogP contribution is -2.45.